The van der Waals surface area contributed by atoms with Gasteiger partial charge in [0.2, 0.25) is 11.0 Å². The van der Waals surface area contributed by atoms with Crippen molar-refractivity contribution < 1.29 is 14.3 Å². The Morgan fingerprint density at radius 1 is 1.27 bits per heavy atom. The highest BCUT2D eigenvalue weighted by Crippen LogP contribution is 2.30. The largest absolute Gasteiger partial charge is 0.493 e. The molecule has 0 aliphatic heterocycles. The maximum Gasteiger partial charge on any atom is 0.250 e. The molecule has 6 nitrogen and oxygen atoms in total. The van der Waals surface area contributed by atoms with Crippen LogP contribution in [0, 0.1) is 0 Å². The van der Waals surface area contributed by atoms with Gasteiger partial charge in [-0.25, -0.2) is 0 Å². The molecule has 26 heavy (non-hydrogen) atoms. The van der Waals surface area contributed by atoms with Crippen LogP contribution < -0.4 is 14.8 Å². The lowest BCUT2D eigenvalue weighted by Gasteiger charge is -2.09. The van der Waals surface area contributed by atoms with Crippen molar-refractivity contribution in [2.45, 2.75) is 6.92 Å². The van der Waals surface area contributed by atoms with Crippen molar-refractivity contribution in [3.8, 4) is 21.4 Å². The molecule has 3 aromatic rings. The van der Waals surface area contributed by atoms with E-state index >= 15 is 0 Å². The average Bonchev–Trinajstić information content (AvgIpc) is 3.32. The summed E-state index contributed by atoms with van der Waals surface area (Å²) in [7, 11) is 1.58. The van der Waals surface area contributed by atoms with E-state index in [2.05, 4.69) is 15.5 Å². The van der Waals surface area contributed by atoms with Crippen LogP contribution in [0.2, 0.25) is 0 Å². The number of nitrogens with one attached hydrogen (secondary N) is 1. The molecule has 1 amide bonds. The summed E-state index contributed by atoms with van der Waals surface area (Å²) in [6.07, 6.45) is 3.15. The third-order valence-corrected chi connectivity index (χ3v) is 5.18. The molecule has 0 aliphatic rings. The molecule has 0 spiro atoms. The van der Waals surface area contributed by atoms with Gasteiger partial charge in [0.15, 0.2) is 16.5 Å². The van der Waals surface area contributed by atoms with E-state index in [9.17, 15) is 4.79 Å². The Kier molecular flexibility index (Phi) is 5.98. The maximum absolute atomic E-state index is 12.1. The van der Waals surface area contributed by atoms with Crippen LogP contribution in [0.5, 0.6) is 11.5 Å². The molecule has 0 radical (unpaired) electrons. The van der Waals surface area contributed by atoms with Crippen molar-refractivity contribution in [2.24, 2.45) is 0 Å². The molecule has 1 N–H and O–H groups in total. The van der Waals surface area contributed by atoms with Gasteiger partial charge in [0, 0.05) is 6.08 Å². The molecule has 0 aliphatic carbocycles. The normalized spacial score (nSPS) is 10.8. The topological polar surface area (TPSA) is 73.3 Å². The first-order valence-electron chi connectivity index (χ1n) is 7.87. The number of hydrogen-bond donors (Lipinski definition) is 1. The van der Waals surface area contributed by atoms with E-state index < -0.39 is 0 Å². The Bertz CT molecular complexity index is 904. The van der Waals surface area contributed by atoms with Gasteiger partial charge in [-0.1, -0.05) is 23.5 Å². The minimum absolute atomic E-state index is 0.272. The fourth-order valence-corrected chi connectivity index (χ4v) is 3.69. The summed E-state index contributed by atoms with van der Waals surface area (Å²) in [4.78, 5) is 13.1. The predicted molar refractivity (Wildman–Crippen MR) is 105 cm³/mol. The fourth-order valence-electron chi connectivity index (χ4n) is 2.16. The van der Waals surface area contributed by atoms with Gasteiger partial charge in [0.1, 0.15) is 0 Å². The Hall–Kier alpha value is -2.71. The smallest absolute Gasteiger partial charge is 0.250 e. The van der Waals surface area contributed by atoms with Gasteiger partial charge in [0.25, 0.3) is 0 Å². The third-order valence-electron chi connectivity index (χ3n) is 3.30. The maximum atomic E-state index is 12.1. The lowest BCUT2D eigenvalue weighted by atomic mass is 10.2. The highest BCUT2D eigenvalue weighted by molar-refractivity contribution is 7.23. The number of aromatic nitrogens is 2. The minimum Gasteiger partial charge on any atom is -0.493 e. The van der Waals surface area contributed by atoms with Crippen LogP contribution in [0.25, 0.3) is 16.0 Å². The second kappa shape index (κ2) is 8.59. The van der Waals surface area contributed by atoms with E-state index in [0.29, 0.717) is 23.2 Å². The number of ether oxygens (including phenoxy) is 2. The number of anilines is 1. The number of amides is 1. The number of thiophene rings is 1. The number of carbonyl (C=O) groups is 1. The number of hydrogen-bond acceptors (Lipinski definition) is 7. The van der Waals surface area contributed by atoms with Gasteiger partial charge < -0.3 is 9.47 Å². The second-order valence-electron chi connectivity index (χ2n) is 5.06. The van der Waals surface area contributed by atoms with Crippen molar-refractivity contribution in [1.82, 2.24) is 10.2 Å². The molecule has 1 aromatic carbocycles. The SMILES string of the molecule is CCOc1ccc(/C=C/C(=O)Nc2nnc(-c3cccs3)s2)cc1OC. The number of carbonyl (C=O) groups excluding carboxylic acids is 1. The van der Waals surface area contributed by atoms with Crippen LogP contribution in [0.1, 0.15) is 12.5 Å². The van der Waals surface area contributed by atoms with Crippen molar-refractivity contribution >= 4 is 39.8 Å². The first kappa shape index (κ1) is 18.1. The van der Waals surface area contributed by atoms with E-state index in [-0.39, 0.29) is 5.91 Å². The molecule has 0 bridgehead atoms. The van der Waals surface area contributed by atoms with Crippen molar-refractivity contribution in [1.29, 1.82) is 0 Å². The summed E-state index contributed by atoms with van der Waals surface area (Å²) in [6, 6.07) is 9.41. The Morgan fingerprint density at radius 3 is 2.88 bits per heavy atom. The Balaban J connectivity index is 1.64. The number of methoxy groups -OCH3 is 1. The lowest BCUT2D eigenvalue weighted by molar-refractivity contribution is -0.111. The first-order chi connectivity index (χ1) is 12.7. The summed E-state index contributed by atoms with van der Waals surface area (Å²) >= 11 is 2.92. The number of benzene rings is 1. The molecule has 0 saturated heterocycles. The van der Waals surface area contributed by atoms with E-state index in [4.69, 9.17) is 9.47 Å². The molecule has 8 heteroatoms. The van der Waals surface area contributed by atoms with Crippen molar-refractivity contribution in [3.63, 3.8) is 0 Å². The van der Waals surface area contributed by atoms with Crippen LogP contribution in [0.15, 0.2) is 41.8 Å². The molecular weight excluding hydrogens is 370 g/mol. The van der Waals surface area contributed by atoms with Crippen LogP contribution in [-0.4, -0.2) is 29.8 Å². The standard InChI is InChI=1S/C18H17N3O3S2/c1-3-24-13-8-6-12(11-14(13)23-2)7-9-16(22)19-18-21-20-17(26-18)15-5-4-10-25-15/h4-11H,3H2,1-2H3,(H,19,21,22)/b9-7+. The molecule has 2 heterocycles. The van der Waals surface area contributed by atoms with Crippen LogP contribution in [-0.2, 0) is 4.79 Å². The number of nitrogens with zero attached hydrogens (tertiary/aromatic N) is 2. The number of rotatable bonds is 7. The summed E-state index contributed by atoms with van der Waals surface area (Å²) < 4.78 is 10.8. The molecule has 0 fully saturated rings. The predicted octanol–water partition coefficient (Wildman–Crippen LogP) is 4.33. The highest BCUT2D eigenvalue weighted by atomic mass is 32.1. The van der Waals surface area contributed by atoms with Gasteiger partial charge >= 0.3 is 0 Å². The zero-order valence-corrected chi connectivity index (χ0v) is 15.9. The van der Waals surface area contributed by atoms with Gasteiger partial charge in [-0.2, -0.15) is 0 Å². The van der Waals surface area contributed by atoms with E-state index in [1.807, 2.05) is 42.6 Å². The molecule has 0 atom stereocenters. The molecule has 0 saturated carbocycles. The van der Waals surface area contributed by atoms with Gasteiger partial charge in [-0.15, -0.1) is 21.5 Å². The summed E-state index contributed by atoms with van der Waals surface area (Å²) in [5.74, 6) is 1.03. The minimum atomic E-state index is -0.272. The molecule has 2 aromatic heterocycles. The van der Waals surface area contributed by atoms with Crippen molar-refractivity contribution in [2.75, 3.05) is 19.0 Å². The van der Waals surface area contributed by atoms with Crippen LogP contribution in [0.4, 0.5) is 5.13 Å². The molecule has 0 unspecified atom stereocenters. The quantitative estimate of drug-likeness (QED) is 0.611. The zero-order chi connectivity index (χ0) is 18.4. The zero-order valence-electron chi connectivity index (χ0n) is 14.3. The fraction of sp³-hybridized carbons (Fsp3) is 0.167. The second-order valence-corrected chi connectivity index (χ2v) is 6.98. The van der Waals surface area contributed by atoms with Crippen LogP contribution >= 0.6 is 22.7 Å². The first-order valence-corrected chi connectivity index (χ1v) is 9.56. The third kappa shape index (κ3) is 4.47. The molecular formula is C18H17N3O3S2. The molecule has 134 valence electrons. The van der Waals surface area contributed by atoms with Crippen molar-refractivity contribution in [3.05, 3.63) is 47.4 Å². The van der Waals surface area contributed by atoms with E-state index in [1.54, 1.807) is 24.5 Å². The Labute approximate surface area is 159 Å². The monoisotopic (exact) mass is 387 g/mol. The Morgan fingerprint density at radius 2 is 2.15 bits per heavy atom. The summed E-state index contributed by atoms with van der Waals surface area (Å²) in [5.41, 5.74) is 0.831. The van der Waals surface area contributed by atoms with E-state index in [1.165, 1.54) is 17.4 Å². The van der Waals surface area contributed by atoms with E-state index in [0.717, 1.165) is 15.4 Å². The lowest BCUT2D eigenvalue weighted by Crippen LogP contribution is -2.07. The van der Waals surface area contributed by atoms with Crippen LogP contribution in [0.3, 0.4) is 0 Å². The summed E-state index contributed by atoms with van der Waals surface area (Å²) in [5, 5.41) is 14.0. The van der Waals surface area contributed by atoms with Gasteiger partial charge in [-0.05, 0) is 42.1 Å². The highest BCUT2D eigenvalue weighted by Gasteiger charge is 2.09. The van der Waals surface area contributed by atoms with Gasteiger partial charge in [-0.3, -0.25) is 10.1 Å². The van der Waals surface area contributed by atoms with Gasteiger partial charge in [0.05, 0.1) is 18.6 Å². The molecule has 3 rings (SSSR count). The average molecular weight is 387 g/mol. The summed E-state index contributed by atoms with van der Waals surface area (Å²) in [6.45, 7) is 2.47.